The SMILES string of the molecule is CN(C)C/C=C/C(=O)Nc1cc2c(Nc3ccc(Oc4ccccc4)c(F)c3)c(C#N)cnc2cc1OCCN1CCOCC1. The van der Waals surface area contributed by atoms with E-state index >= 15 is 4.39 Å². The van der Waals surface area contributed by atoms with Crippen LogP contribution >= 0.6 is 0 Å². The van der Waals surface area contributed by atoms with Crippen LogP contribution in [0.4, 0.5) is 21.5 Å². The monoisotopic (exact) mass is 610 g/mol. The Kier molecular flexibility index (Phi) is 10.6. The van der Waals surface area contributed by atoms with E-state index in [0.29, 0.717) is 72.4 Å². The molecule has 45 heavy (non-hydrogen) atoms. The summed E-state index contributed by atoms with van der Waals surface area (Å²) in [5.41, 5.74) is 2.01. The fraction of sp³-hybridized carbons (Fsp3) is 0.265. The van der Waals surface area contributed by atoms with Crippen molar-refractivity contribution in [2.24, 2.45) is 0 Å². The number of amides is 1. The molecule has 0 radical (unpaired) electrons. The molecule has 0 saturated carbocycles. The van der Waals surface area contributed by atoms with Crippen LogP contribution in [0.5, 0.6) is 17.2 Å². The number of pyridine rings is 1. The molecule has 1 aromatic heterocycles. The van der Waals surface area contributed by atoms with Crippen molar-refractivity contribution in [3.63, 3.8) is 0 Å². The zero-order valence-electron chi connectivity index (χ0n) is 25.3. The van der Waals surface area contributed by atoms with Gasteiger partial charge in [-0.25, -0.2) is 4.39 Å². The zero-order valence-corrected chi connectivity index (χ0v) is 25.3. The minimum atomic E-state index is -0.575. The number of carbonyl (C=O) groups is 1. The molecule has 232 valence electrons. The Morgan fingerprint density at radius 1 is 1.13 bits per heavy atom. The minimum absolute atomic E-state index is 0.0676. The summed E-state index contributed by atoms with van der Waals surface area (Å²) in [6.07, 6.45) is 4.68. The van der Waals surface area contributed by atoms with E-state index in [9.17, 15) is 10.1 Å². The number of nitrogens with zero attached hydrogens (tertiary/aromatic N) is 4. The van der Waals surface area contributed by atoms with Gasteiger partial charge in [-0.05, 0) is 44.4 Å². The van der Waals surface area contributed by atoms with Crippen LogP contribution in [0.3, 0.4) is 0 Å². The summed E-state index contributed by atoms with van der Waals surface area (Å²) in [7, 11) is 3.83. The highest BCUT2D eigenvalue weighted by molar-refractivity contribution is 6.04. The van der Waals surface area contributed by atoms with Crippen LogP contribution in [-0.2, 0) is 9.53 Å². The van der Waals surface area contributed by atoms with Crippen molar-refractivity contribution in [1.29, 1.82) is 5.26 Å². The predicted molar refractivity (Wildman–Crippen MR) is 172 cm³/mol. The Morgan fingerprint density at radius 2 is 1.93 bits per heavy atom. The second-order valence-corrected chi connectivity index (χ2v) is 10.7. The lowest BCUT2D eigenvalue weighted by molar-refractivity contribution is -0.111. The number of nitrogens with one attached hydrogen (secondary N) is 2. The molecule has 2 heterocycles. The highest BCUT2D eigenvalue weighted by Gasteiger charge is 2.17. The maximum absolute atomic E-state index is 15.1. The smallest absolute Gasteiger partial charge is 0.248 e. The fourth-order valence-electron chi connectivity index (χ4n) is 4.73. The molecule has 0 unspecified atom stereocenters. The lowest BCUT2D eigenvalue weighted by Gasteiger charge is -2.26. The molecule has 1 saturated heterocycles. The molecular weight excluding hydrogens is 575 g/mol. The van der Waals surface area contributed by atoms with E-state index in [2.05, 4.69) is 26.6 Å². The molecule has 4 aromatic rings. The van der Waals surface area contributed by atoms with Crippen molar-refractivity contribution in [3.8, 4) is 23.3 Å². The van der Waals surface area contributed by atoms with Gasteiger partial charge in [0.15, 0.2) is 11.6 Å². The van der Waals surface area contributed by atoms with Gasteiger partial charge in [-0.15, -0.1) is 0 Å². The maximum atomic E-state index is 15.1. The number of rotatable bonds is 12. The lowest BCUT2D eigenvalue weighted by atomic mass is 10.1. The maximum Gasteiger partial charge on any atom is 0.248 e. The quantitative estimate of drug-likeness (QED) is 0.200. The first-order chi connectivity index (χ1) is 21.9. The number of benzene rings is 3. The Bertz CT molecular complexity index is 1700. The second kappa shape index (κ2) is 15.1. The lowest BCUT2D eigenvalue weighted by Crippen LogP contribution is -2.38. The second-order valence-electron chi connectivity index (χ2n) is 10.7. The third kappa shape index (κ3) is 8.55. The van der Waals surface area contributed by atoms with Crippen LogP contribution in [0.1, 0.15) is 5.56 Å². The largest absolute Gasteiger partial charge is 0.490 e. The van der Waals surface area contributed by atoms with Gasteiger partial charge in [0.1, 0.15) is 24.2 Å². The Balaban J connectivity index is 1.45. The number of hydrogen-bond acceptors (Lipinski definition) is 9. The summed E-state index contributed by atoms with van der Waals surface area (Å²) in [6, 6.07) is 19.0. The molecule has 3 aromatic carbocycles. The van der Waals surface area contributed by atoms with Crippen LogP contribution in [0.2, 0.25) is 0 Å². The number of anilines is 3. The Morgan fingerprint density at radius 3 is 2.67 bits per heavy atom. The van der Waals surface area contributed by atoms with Crippen LogP contribution in [0.25, 0.3) is 10.9 Å². The fourth-order valence-corrected chi connectivity index (χ4v) is 4.73. The van der Waals surface area contributed by atoms with Gasteiger partial charge in [-0.2, -0.15) is 5.26 Å². The van der Waals surface area contributed by atoms with E-state index in [1.54, 1.807) is 48.5 Å². The number of fused-ring (bicyclic) bond motifs is 1. The molecule has 11 heteroatoms. The summed E-state index contributed by atoms with van der Waals surface area (Å²) in [5.74, 6) is 0.122. The first-order valence-corrected chi connectivity index (χ1v) is 14.6. The van der Waals surface area contributed by atoms with Gasteiger partial charge in [0.05, 0.1) is 35.7 Å². The molecule has 0 atom stereocenters. The number of aromatic nitrogens is 1. The van der Waals surface area contributed by atoms with Gasteiger partial charge in [-0.3, -0.25) is 14.7 Å². The molecule has 1 amide bonds. The van der Waals surface area contributed by atoms with E-state index in [4.69, 9.17) is 14.2 Å². The van der Waals surface area contributed by atoms with Crippen LogP contribution in [0.15, 0.2) is 79.0 Å². The van der Waals surface area contributed by atoms with E-state index in [1.807, 2.05) is 25.1 Å². The highest BCUT2D eigenvalue weighted by Crippen LogP contribution is 2.37. The third-order valence-electron chi connectivity index (χ3n) is 7.03. The number of hydrogen-bond donors (Lipinski definition) is 2. The summed E-state index contributed by atoms with van der Waals surface area (Å²) >= 11 is 0. The summed E-state index contributed by atoms with van der Waals surface area (Å²) in [6.45, 7) is 4.71. The third-order valence-corrected chi connectivity index (χ3v) is 7.03. The number of morpholine rings is 1. The minimum Gasteiger partial charge on any atom is -0.490 e. The van der Waals surface area contributed by atoms with Crippen LogP contribution in [0, 0.1) is 17.1 Å². The summed E-state index contributed by atoms with van der Waals surface area (Å²) < 4.78 is 32.3. The molecule has 1 fully saturated rings. The first-order valence-electron chi connectivity index (χ1n) is 14.6. The number of halogens is 1. The van der Waals surface area contributed by atoms with Crippen LogP contribution < -0.4 is 20.1 Å². The van der Waals surface area contributed by atoms with Crippen molar-refractivity contribution >= 4 is 33.9 Å². The van der Waals surface area contributed by atoms with Crippen molar-refractivity contribution < 1.29 is 23.4 Å². The molecule has 2 N–H and O–H groups in total. The molecule has 1 aliphatic heterocycles. The molecular formula is C34H35FN6O4. The average molecular weight is 611 g/mol. The van der Waals surface area contributed by atoms with Crippen LogP contribution in [-0.4, -0.2) is 80.8 Å². The van der Waals surface area contributed by atoms with Gasteiger partial charge in [0.25, 0.3) is 0 Å². The Hall–Kier alpha value is -5.02. The van der Waals surface area contributed by atoms with E-state index in [0.717, 1.165) is 13.1 Å². The number of ether oxygens (including phenoxy) is 3. The number of nitriles is 1. The normalized spacial score (nSPS) is 13.6. The summed E-state index contributed by atoms with van der Waals surface area (Å²) in [5, 5.41) is 16.6. The molecule has 0 spiro atoms. The topological polar surface area (TPSA) is 112 Å². The first kappa shape index (κ1) is 31.4. The predicted octanol–water partition coefficient (Wildman–Crippen LogP) is 5.55. The standard InChI is InChI=1S/C34H35FN6O4/c1-40(2)12-6-9-33(42)39-30-20-27-29(21-32(30)44-18-15-41-13-16-43-17-14-41)37-23-24(22-36)34(27)38-25-10-11-31(28(35)19-25)45-26-7-4-3-5-8-26/h3-11,19-21,23H,12-18H2,1-2H3,(H,37,38)(H,39,42)/b9-6+. The van der Waals surface area contributed by atoms with E-state index in [1.165, 1.54) is 24.4 Å². The molecule has 0 bridgehead atoms. The van der Waals surface area contributed by atoms with E-state index < -0.39 is 5.82 Å². The van der Waals surface area contributed by atoms with Crippen molar-refractivity contribution in [2.75, 3.05) is 70.7 Å². The van der Waals surface area contributed by atoms with Gasteiger partial charge in [0.2, 0.25) is 5.91 Å². The van der Waals surface area contributed by atoms with Gasteiger partial charge >= 0.3 is 0 Å². The van der Waals surface area contributed by atoms with Crippen molar-refractivity contribution in [1.82, 2.24) is 14.8 Å². The number of para-hydroxylation sites is 1. The molecule has 10 nitrogen and oxygen atoms in total. The number of likely N-dealkylation sites (N-methyl/N-ethyl adjacent to an activating group) is 1. The highest BCUT2D eigenvalue weighted by atomic mass is 19.1. The van der Waals surface area contributed by atoms with Gasteiger partial charge in [0, 0.05) is 61.7 Å². The molecule has 0 aliphatic carbocycles. The average Bonchev–Trinajstić information content (AvgIpc) is 3.03. The number of carbonyl (C=O) groups excluding carboxylic acids is 1. The van der Waals surface area contributed by atoms with Gasteiger partial charge in [-0.1, -0.05) is 24.3 Å². The summed E-state index contributed by atoms with van der Waals surface area (Å²) in [4.78, 5) is 21.5. The molecule has 1 aliphatic rings. The zero-order chi connectivity index (χ0) is 31.6. The van der Waals surface area contributed by atoms with Crippen molar-refractivity contribution in [3.05, 3.63) is 90.4 Å². The molecule has 5 rings (SSSR count). The van der Waals surface area contributed by atoms with Crippen molar-refractivity contribution in [2.45, 2.75) is 0 Å². The van der Waals surface area contributed by atoms with E-state index in [-0.39, 0.29) is 17.2 Å². The van der Waals surface area contributed by atoms with Gasteiger partial charge < -0.3 is 29.7 Å². The Labute approximate surface area is 261 Å².